The number of fused-ring (bicyclic) bond motifs is 8. The molecule has 53 heavy (non-hydrogen) atoms. The van der Waals surface area contributed by atoms with Gasteiger partial charge in [0.15, 0.2) is 0 Å². The maximum absolute atomic E-state index is 6.24. The molecule has 6 aromatic carbocycles. The van der Waals surface area contributed by atoms with Crippen LogP contribution in [0.4, 0.5) is 5.69 Å². The van der Waals surface area contributed by atoms with Crippen LogP contribution in [0.15, 0.2) is 115 Å². The number of ether oxygens (including phenoxy) is 4. The van der Waals surface area contributed by atoms with E-state index in [1.807, 2.05) is 0 Å². The van der Waals surface area contributed by atoms with Gasteiger partial charge in [0.05, 0.1) is 40.2 Å². The van der Waals surface area contributed by atoms with E-state index in [4.69, 9.17) is 18.9 Å². The zero-order valence-corrected chi connectivity index (χ0v) is 31.2. The molecule has 9 rings (SSSR count). The van der Waals surface area contributed by atoms with Crippen molar-refractivity contribution in [1.29, 1.82) is 0 Å². The number of hydrogen-bond donors (Lipinski definition) is 0. The van der Waals surface area contributed by atoms with Crippen molar-refractivity contribution in [3.05, 3.63) is 149 Å². The van der Waals surface area contributed by atoms with Crippen LogP contribution in [-0.2, 0) is 22.0 Å². The molecule has 2 aliphatic carbocycles. The molecule has 0 aromatic heterocycles. The van der Waals surface area contributed by atoms with Crippen molar-refractivity contribution in [3.63, 3.8) is 0 Å². The van der Waals surface area contributed by atoms with Gasteiger partial charge in [0.1, 0.15) is 17.2 Å². The summed E-state index contributed by atoms with van der Waals surface area (Å²) in [6.45, 7) is 7.90. The molecule has 5 nitrogen and oxygen atoms in total. The monoisotopic (exact) mass is 699 g/mol. The van der Waals surface area contributed by atoms with Crippen molar-refractivity contribution in [3.8, 4) is 39.5 Å². The van der Waals surface area contributed by atoms with Crippen molar-refractivity contribution in [2.75, 3.05) is 52.5 Å². The van der Waals surface area contributed by atoms with Gasteiger partial charge in [-0.3, -0.25) is 0 Å². The third-order valence-corrected chi connectivity index (χ3v) is 12.0. The second-order valence-corrected chi connectivity index (χ2v) is 15.0. The highest BCUT2D eigenvalue weighted by atomic mass is 16.5. The zero-order valence-electron chi connectivity index (χ0n) is 31.2. The highest BCUT2D eigenvalue weighted by Gasteiger charge is 2.43. The highest BCUT2D eigenvalue weighted by molar-refractivity contribution is 6.09. The van der Waals surface area contributed by atoms with Crippen molar-refractivity contribution in [1.82, 2.24) is 0 Å². The van der Waals surface area contributed by atoms with Crippen LogP contribution >= 0.6 is 0 Å². The Kier molecular flexibility index (Phi) is 8.08. The lowest BCUT2D eigenvalue weighted by molar-refractivity contribution is 0.122. The van der Waals surface area contributed by atoms with Gasteiger partial charge < -0.3 is 23.8 Å². The van der Waals surface area contributed by atoms with Crippen LogP contribution in [0.2, 0.25) is 0 Å². The van der Waals surface area contributed by atoms with E-state index in [1.165, 1.54) is 66.4 Å². The Morgan fingerprint density at radius 2 is 1.32 bits per heavy atom. The van der Waals surface area contributed by atoms with Gasteiger partial charge in [0.25, 0.3) is 0 Å². The quantitative estimate of drug-likeness (QED) is 0.166. The minimum Gasteiger partial charge on any atom is -0.497 e. The third-order valence-electron chi connectivity index (χ3n) is 12.0. The summed E-state index contributed by atoms with van der Waals surface area (Å²) in [4.78, 5) is 2.42. The van der Waals surface area contributed by atoms with E-state index in [2.05, 4.69) is 140 Å². The summed E-state index contributed by atoms with van der Waals surface area (Å²) >= 11 is 0. The van der Waals surface area contributed by atoms with Gasteiger partial charge in [0, 0.05) is 23.9 Å². The number of rotatable bonds is 7. The highest BCUT2D eigenvalue weighted by Crippen LogP contribution is 2.58. The van der Waals surface area contributed by atoms with E-state index in [0.29, 0.717) is 13.2 Å². The molecule has 0 radical (unpaired) electrons. The average molecular weight is 700 g/mol. The Bertz CT molecular complexity index is 2320. The molecule has 0 N–H and O–H groups in total. The lowest BCUT2D eigenvalue weighted by Gasteiger charge is -2.38. The zero-order chi connectivity index (χ0) is 36.3. The lowest BCUT2D eigenvalue weighted by atomic mass is 9.65. The summed E-state index contributed by atoms with van der Waals surface area (Å²) in [6, 6.07) is 39.7. The van der Waals surface area contributed by atoms with E-state index in [1.54, 1.807) is 21.3 Å². The van der Waals surface area contributed by atoms with E-state index in [9.17, 15) is 0 Å². The number of anilines is 1. The minimum atomic E-state index is -0.432. The second kappa shape index (κ2) is 12.9. The smallest absolute Gasteiger partial charge is 0.142 e. The molecule has 3 aliphatic rings. The van der Waals surface area contributed by atoms with E-state index in [-0.39, 0.29) is 5.41 Å². The van der Waals surface area contributed by atoms with Crippen molar-refractivity contribution in [2.24, 2.45) is 0 Å². The molecule has 0 saturated carbocycles. The van der Waals surface area contributed by atoms with Crippen LogP contribution in [0.3, 0.4) is 0 Å². The molecule has 1 saturated heterocycles. The second-order valence-electron chi connectivity index (χ2n) is 15.0. The lowest BCUT2D eigenvalue weighted by Crippen LogP contribution is -2.36. The molecular weight excluding hydrogens is 655 g/mol. The Labute approximate surface area is 312 Å². The normalized spacial score (nSPS) is 16.5. The van der Waals surface area contributed by atoms with E-state index >= 15 is 0 Å². The molecule has 0 unspecified atom stereocenters. The first-order valence-electron chi connectivity index (χ1n) is 18.6. The number of morpholine rings is 1. The largest absolute Gasteiger partial charge is 0.497 e. The molecule has 0 amide bonds. The summed E-state index contributed by atoms with van der Waals surface area (Å²) in [5.74, 6) is 2.58. The molecule has 0 bridgehead atoms. The van der Waals surface area contributed by atoms with Crippen LogP contribution in [0.25, 0.3) is 39.1 Å². The molecular formula is C48H45NO4. The van der Waals surface area contributed by atoms with Crippen LogP contribution in [0.1, 0.15) is 47.2 Å². The number of allylic oxidation sites excluding steroid dienone is 1. The molecule has 5 heteroatoms. The predicted molar refractivity (Wildman–Crippen MR) is 216 cm³/mol. The van der Waals surface area contributed by atoms with Crippen LogP contribution in [-0.4, -0.2) is 47.6 Å². The first-order valence-corrected chi connectivity index (χ1v) is 18.6. The van der Waals surface area contributed by atoms with Crippen LogP contribution in [0.5, 0.6) is 17.2 Å². The molecule has 1 fully saturated rings. The maximum Gasteiger partial charge on any atom is 0.142 e. The Morgan fingerprint density at radius 1 is 0.660 bits per heavy atom. The Morgan fingerprint density at radius 3 is 1.94 bits per heavy atom. The Balaban J connectivity index is 1.33. The summed E-state index contributed by atoms with van der Waals surface area (Å²) in [6.07, 6.45) is 5.64. The van der Waals surface area contributed by atoms with Crippen LogP contribution < -0.4 is 19.1 Å². The topological polar surface area (TPSA) is 40.2 Å². The number of methoxy groups -OCH3 is 3. The predicted octanol–water partition coefficient (Wildman–Crippen LogP) is 10.2. The summed E-state index contributed by atoms with van der Waals surface area (Å²) < 4.78 is 23.2. The maximum atomic E-state index is 6.24. The van der Waals surface area contributed by atoms with Gasteiger partial charge >= 0.3 is 0 Å². The summed E-state index contributed by atoms with van der Waals surface area (Å²) in [5, 5.41) is 2.51. The van der Waals surface area contributed by atoms with Gasteiger partial charge in [0.2, 0.25) is 0 Å². The standard InChI is InChI=1S/C48H45NO4/c1-47(2)42-27-32(31-9-7-6-8-10-31)11-20-38(42)45-40-28-43(49-23-25-53-26-24-49)44(52-5)29-39(40)41-30-48(22-21-37(41)46(45)47,33-12-16-35(50-3)17-13-33)34-14-18-36(51-4)19-15-34/h6-22,27-29H,23-26,30H2,1-5H3. The van der Waals surface area contributed by atoms with Gasteiger partial charge in [-0.05, 0) is 115 Å². The van der Waals surface area contributed by atoms with Gasteiger partial charge in [-0.15, -0.1) is 0 Å². The summed E-state index contributed by atoms with van der Waals surface area (Å²) in [5.41, 5.74) is 13.4. The van der Waals surface area contributed by atoms with Gasteiger partial charge in [-0.1, -0.05) is 92.7 Å². The molecule has 1 aliphatic heterocycles. The van der Waals surface area contributed by atoms with Crippen molar-refractivity contribution in [2.45, 2.75) is 31.1 Å². The number of nitrogens with zero attached hydrogens (tertiary/aromatic N) is 1. The van der Waals surface area contributed by atoms with Crippen LogP contribution in [0, 0.1) is 0 Å². The van der Waals surface area contributed by atoms with Crippen molar-refractivity contribution < 1.29 is 18.9 Å². The molecule has 266 valence electrons. The number of hydrogen-bond acceptors (Lipinski definition) is 5. The molecule has 6 aromatic rings. The van der Waals surface area contributed by atoms with E-state index < -0.39 is 5.41 Å². The fourth-order valence-corrected chi connectivity index (χ4v) is 9.24. The van der Waals surface area contributed by atoms with E-state index in [0.717, 1.165) is 42.4 Å². The fourth-order valence-electron chi connectivity index (χ4n) is 9.24. The minimum absolute atomic E-state index is 0.239. The SMILES string of the molecule is COc1ccc(C2(c3ccc(OC)cc3)C=Cc3c4c(c5cc(N6CCOCC6)c(OC)cc5c3C2)-c2ccc(-c3ccccc3)cc2C4(C)C)cc1. The summed E-state index contributed by atoms with van der Waals surface area (Å²) in [7, 11) is 5.24. The molecule has 0 spiro atoms. The van der Waals surface area contributed by atoms with Gasteiger partial charge in [-0.2, -0.15) is 0 Å². The first kappa shape index (κ1) is 33.3. The number of benzene rings is 6. The average Bonchev–Trinajstić information content (AvgIpc) is 3.46. The van der Waals surface area contributed by atoms with Crippen molar-refractivity contribution >= 4 is 22.5 Å². The first-order chi connectivity index (χ1) is 25.9. The Hall–Kier alpha value is -5.52. The fraction of sp³-hybridized carbons (Fsp3) is 0.250. The van der Waals surface area contributed by atoms with Gasteiger partial charge in [-0.25, -0.2) is 0 Å². The third kappa shape index (κ3) is 5.24. The molecule has 1 heterocycles. The molecule has 0 atom stereocenters.